The summed E-state index contributed by atoms with van der Waals surface area (Å²) >= 11 is 4.84. The molecule has 4 rings (SSSR count). The number of thioether (sulfide) groups is 1. The first-order chi connectivity index (χ1) is 17.0. The Morgan fingerprint density at radius 1 is 0.971 bits per heavy atom. The van der Waals surface area contributed by atoms with Crippen LogP contribution in [0.25, 0.3) is 6.08 Å². The first kappa shape index (κ1) is 25.1. The second-order valence-corrected chi connectivity index (χ2v) is 9.87. The molecule has 1 aliphatic heterocycles. The van der Waals surface area contributed by atoms with Gasteiger partial charge in [-0.25, -0.2) is 4.99 Å². The van der Waals surface area contributed by atoms with E-state index in [2.05, 4.69) is 15.9 Å². The number of carbonyl (C=O) groups excluding carboxylic acids is 1. The fourth-order valence-corrected chi connectivity index (χ4v) is 4.82. The SMILES string of the molecule is CCOc1cc(/C=C2/SC(=Nc3ccc(C)cc3)N(CC)C2=O)ccc1OCc1ccc(Br)cc1. The van der Waals surface area contributed by atoms with E-state index in [1.165, 1.54) is 17.3 Å². The number of ether oxygens (including phenoxy) is 2. The fourth-order valence-electron chi connectivity index (χ4n) is 3.50. The van der Waals surface area contributed by atoms with Crippen LogP contribution in [0.4, 0.5) is 5.69 Å². The third-order valence-electron chi connectivity index (χ3n) is 5.34. The van der Waals surface area contributed by atoms with Gasteiger partial charge in [0.15, 0.2) is 16.7 Å². The van der Waals surface area contributed by atoms with Gasteiger partial charge < -0.3 is 9.47 Å². The number of likely N-dealkylation sites (N-methyl/N-ethyl adjacent to an activating group) is 1. The summed E-state index contributed by atoms with van der Waals surface area (Å²) in [5.74, 6) is 1.27. The van der Waals surface area contributed by atoms with Crippen molar-refractivity contribution in [1.82, 2.24) is 4.90 Å². The van der Waals surface area contributed by atoms with Crippen LogP contribution in [0.15, 0.2) is 81.1 Å². The van der Waals surface area contributed by atoms with Gasteiger partial charge in [0.05, 0.1) is 17.2 Å². The highest BCUT2D eigenvalue weighted by atomic mass is 79.9. The van der Waals surface area contributed by atoms with Gasteiger partial charge >= 0.3 is 0 Å². The standard InChI is InChI=1S/C28H27BrN2O3S/c1-4-31-27(32)26(35-28(31)30-23-13-6-19(3)7-14-23)17-21-10-15-24(25(16-21)33-5-2)34-18-20-8-11-22(29)12-9-20/h6-17H,4-5,18H2,1-3H3/b26-17+,30-28?. The smallest absolute Gasteiger partial charge is 0.266 e. The highest BCUT2D eigenvalue weighted by Crippen LogP contribution is 2.36. The van der Waals surface area contributed by atoms with Crippen molar-refractivity contribution in [3.05, 3.63) is 92.8 Å². The zero-order valence-electron chi connectivity index (χ0n) is 20.0. The average Bonchev–Trinajstić information content (AvgIpc) is 3.14. The van der Waals surface area contributed by atoms with E-state index in [1.54, 1.807) is 4.90 Å². The zero-order valence-corrected chi connectivity index (χ0v) is 22.4. The summed E-state index contributed by atoms with van der Waals surface area (Å²) in [5.41, 5.74) is 3.94. The molecule has 0 radical (unpaired) electrons. The van der Waals surface area contributed by atoms with Crippen LogP contribution in [-0.2, 0) is 11.4 Å². The van der Waals surface area contributed by atoms with Crippen LogP contribution in [-0.4, -0.2) is 29.1 Å². The molecule has 0 saturated carbocycles. The van der Waals surface area contributed by atoms with E-state index in [0.717, 1.165) is 21.3 Å². The highest BCUT2D eigenvalue weighted by Gasteiger charge is 2.32. The molecule has 0 N–H and O–H groups in total. The van der Waals surface area contributed by atoms with Crippen LogP contribution in [0.2, 0.25) is 0 Å². The molecule has 0 aliphatic carbocycles. The number of halogens is 1. The van der Waals surface area contributed by atoms with Crippen molar-refractivity contribution in [2.75, 3.05) is 13.2 Å². The van der Waals surface area contributed by atoms with Gasteiger partial charge in [-0.2, -0.15) is 0 Å². The largest absolute Gasteiger partial charge is 0.490 e. The quantitative estimate of drug-likeness (QED) is 0.275. The topological polar surface area (TPSA) is 51.1 Å². The van der Waals surface area contributed by atoms with E-state index in [4.69, 9.17) is 14.5 Å². The Morgan fingerprint density at radius 3 is 2.40 bits per heavy atom. The lowest BCUT2D eigenvalue weighted by molar-refractivity contribution is -0.122. The second kappa shape index (κ2) is 11.6. The zero-order chi connectivity index (χ0) is 24.8. The lowest BCUT2D eigenvalue weighted by atomic mass is 10.1. The number of amides is 1. The highest BCUT2D eigenvalue weighted by molar-refractivity contribution is 9.10. The lowest BCUT2D eigenvalue weighted by Gasteiger charge is -2.13. The summed E-state index contributed by atoms with van der Waals surface area (Å²) in [6.07, 6.45) is 1.88. The molecule has 3 aromatic carbocycles. The molecule has 0 bridgehead atoms. The number of rotatable bonds is 8. The third-order valence-corrected chi connectivity index (χ3v) is 6.87. The number of aryl methyl sites for hydroxylation is 1. The molecule has 0 aromatic heterocycles. The number of hydrogen-bond donors (Lipinski definition) is 0. The Morgan fingerprint density at radius 2 is 1.71 bits per heavy atom. The molecule has 1 saturated heterocycles. The predicted molar refractivity (Wildman–Crippen MR) is 147 cm³/mol. The molecule has 0 atom stereocenters. The van der Waals surface area contributed by atoms with Crippen LogP contribution in [0.3, 0.4) is 0 Å². The van der Waals surface area contributed by atoms with Crippen LogP contribution < -0.4 is 9.47 Å². The average molecular weight is 552 g/mol. The maximum Gasteiger partial charge on any atom is 0.266 e. The molecule has 180 valence electrons. The number of hydrogen-bond acceptors (Lipinski definition) is 5. The molecule has 7 heteroatoms. The van der Waals surface area contributed by atoms with Gasteiger partial charge in [-0.05, 0) is 86.1 Å². The van der Waals surface area contributed by atoms with Crippen LogP contribution >= 0.6 is 27.7 Å². The Bertz CT molecular complexity index is 1250. The van der Waals surface area contributed by atoms with Gasteiger partial charge in [0.2, 0.25) is 0 Å². The summed E-state index contributed by atoms with van der Waals surface area (Å²) in [6.45, 7) is 7.44. The minimum Gasteiger partial charge on any atom is -0.490 e. The number of amidine groups is 1. The van der Waals surface area contributed by atoms with Gasteiger partial charge in [-0.15, -0.1) is 0 Å². The monoisotopic (exact) mass is 550 g/mol. The summed E-state index contributed by atoms with van der Waals surface area (Å²) in [6, 6.07) is 21.7. The van der Waals surface area contributed by atoms with Gasteiger partial charge in [0.1, 0.15) is 6.61 Å². The van der Waals surface area contributed by atoms with E-state index in [-0.39, 0.29) is 5.91 Å². The summed E-state index contributed by atoms with van der Waals surface area (Å²) in [7, 11) is 0. The van der Waals surface area contributed by atoms with E-state index in [0.29, 0.717) is 41.3 Å². The molecule has 0 unspecified atom stereocenters. The third kappa shape index (κ3) is 6.35. The normalized spacial score (nSPS) is 15.8. The first-order valence-electron chi connectivity index (χ1n) is 11.5. The Hall–Kier alpha value is -3.03. The number of carbonyl (C=O) groups is 1. The van der Waals surface area contributed by atoms with Gasteiger partial charge in [-0.3, -0.25) is 9.69 Å². The van der Waals surface area contributed by atoms with E-state index in [9.17, 15) is 4.79 Å². The van der Waals surface area contributed by atoms with Crippen molar-refractivity contribution in [3.8, 4) is 11.5 Å². The Balaban J connectivity index is 1.55. The number of aliphatic imine (C=N–C) groups is 1. The van der Waals surface area contributed by atoms with Gasteiger partial charge in [0.25, 0.3) is 5.91 Å². The van der Waals surface area contributed by atoms with Crippen molar-refractivity contribution in [2.45, 2.75) is 27.4 Å². The molecular formula is C28H27BrN2O3S. The molecule has 1 heterocycles. The molecule has 1 amide bonds. The first-order valence-corrected chi connectivity index (χ1v) is 13.1. The maximum absolute atomic E-state index is 13.1. The van der Waals surface area contributed by atoms with Crippen LogP contribution in [0.5, 0.6) is 11.5 Å². The van der Waals surface area contributed by atoms with Gasteiger partial charge in [-0.1, -0.05) is 51.8 Å². The van der Waals surface area contributed by atoms with Crippen molar-refractivity contribution < 1.29 is 14.3 Å². The molecule has 1 aliphatic rings. The summed E-state index contributed by atoms with van der Waals surface area (Å²) < 4.78 is 12.9. The molecular weight excluding hydrogens is 524 g/mol. The van der Waals surface area contributed by atoms with E-state index in [1.807, 2.05) is 93.6 Å². The molecule has 3 aromatic rings. The predicted octanol–water partition coefficient (Wildman–Crippen LogP) is 7.36. The minimum absolute atomic E-state index is 0.0445. The summed E-state index contributed by atoms with van der Waals surface area (Å²) in [5, 5.41) is 0.687. The van der Waals surface area contributed by atoms with E-state index >= 15 is 0 Å². The molecule has 1 fully saturated rings. The second-order valence-electron chi connectivity index (χ2n) is 7.94. The summed E-state index contributed by atoms with van der Waals surface area (Å²) in [4.78, 5) is 20.1. The molecule has 35 heavy (non-hydrogen) atoms. The van der Waals surface area contributed by atoms with E-state index < -0.39 is 0 Å². The van der Waals surface area contributed by atoms with Crippen molar-refractivity contribution >= 4 is 50.5 Å². The number of benzene rings is 3. The van der Waals surface area contributed by atoms with Crippen molar-refractivity contribution in [1.29, 1.82) is 0 Å². The minimum atomic E-state index is -0.0445. The fraction of sp³-hybridized carbons (Fsp3) is 0.214. The van der Waals surface area contributed by atoms with Crippen LogP contribution in [0, 0.1) is 6.92 Å². The Labute approximate surface area is 219 Å². The Kier molecular flexibility index (Phi) is 8.31. The number of nitrogens with zero attached hydrogens (tertiary/aromatic N) is 2. The van der Waals surface area contributed by atoms with Crippen LogP contribution in [0.1, 0.15) is 30.5 Å². The lowest BCUT2D eigenvalue weighted by Crippen LogP contribution is -2.28. The van der Waals surface area contributed by atoms with Gasteiger partial charge in [0, 0.05) is 11.0 Å². The molecule has 5 nitrogen and oxygen atoms in total. The maximum atomic E-state index is 13.1. The van der Waals surface area contributed by atoms with Crippen molar-refractivity contribution in [2.24, 2.45) is 4.99 Å². The van der Waals surface area contributed by atoms with Crippen molar-refractivity contribution in [3.63, 3.8) is 0 Å². The molecule has 0 spiro atoms.